The van der Waals surface area contributed by atoms with E-state index >= 15 is 0 Å². The van der Waals surface area contributed by atoms with Crippen molar-refractivity contribution < 1.29 is 19.4 Å². The van der Waals surface area contributed by atoms with Gasteiger partial charge >= 0.3 is 5.97 Å². The summed E-state index contributed by atoms with van der Waals surface area (Å²) >= 11 is 0. The van der Waals surface area contributed by atoms with E-state index in [9.17, 15) is 14.7 Å². The Labute approximate surface area is 157 Å². The Morgan fingerprint density at radius 1 is 0.963 bits per heavy atom. The van der Waals surface area contributed by atoms with E-state index in [-0.39, 0.29) is 5.75 Å². The van der Waals surface area contributed by atoms with E-state index in [0.29, 0.717) is 22.4 Å². The second kappa shape index (κ2) is 7.74. The Hall–Kier alpha value is -3.60. The Morgan fingerprint density at radius 2 is 1.63 bits per heavy atom. The highest BCUT2D eigenvalue weighted by Gasteiger charge is 2.20. The fourth-order valence-electron chi connectivity index (χ4n) is 2.71. The number of phenols is 1. The number of hydrogen-bond donors (Lipinski definition) is 2. The summed E-state index contributed by atoms with van der Waals surface area (Å²) < 4.78 is 5.63. The van der Waals surface area contributed by atoms with Crippen molar-refractivity contribution in [1.29, 1.82) is 0 Å². The summed E-state index contributed by atoms with van der Waals surface area (Å²) in [5.41, 5.74) is 7.75. The number of nitrogens with two attached hydrogens (primary N) is 1. The van der Waals surface area contributed by atoms with Crippen molar-refractivity contribution in [2.24, 2.45) is 5.73 Å². The molecule has 0 fully saturated rings. The van der Waals surface area contributed by atoms with Crippen LogP contribution in [0.5, 0.6) is 11.5 Å². The molecule has 0 saturated carbocycles. The first kappa shape index (κ1) is 18.2. The molecule has 3 N–H and O–H groups in total. The quantitative estimate of drug-likeness (QED) is 0.533. The zero-order valence-corrected chi connectivity index (χ0v) is 14.8. The third-order valence-corrected chi connectivity index (χ3v) is 4.31. The standard InChI is InChI=1S/C22H19NO4/c1-14(15-5-3-2-4-6-15)22(26)27-20-12-9-17(21(23)25)13-19(20)16-7-10-18(24)11-8-16/h2-14,24H,1H3,(H2,23,25). The fraction of sp³-hybridized carbons (Fsp3) is 0.0909. The van der Waals surface area contributed by atoms with E-state index < -0.39 is 17.8 Å². The third-order valence-electron chi connectivity index (χ3n) is 4.31. The van der Waals surface area contributed by atoms with Crippen LogP contribution < -0.4 is 10.5 Å². The molecule has 0 spiro atoms. The molecule has 3 aromatic rings. The first-order valence-corrected chi connectivity index (χ1v) is 8.45. The zero-order chi connectivity index (χ0) is 19.4. The number of phenolic OH excluding ortho intramolecular Hbond substituents is 1. The van der Waals surface area contributed by atoms with Crippen molar-refractivity contribution >= 4 is 11.9 Å². The van der Waals surface area contributed by atoms with Gasteiger partial charge in [-0.3, -0.25) is 9.59 Å². The van der Waals surface area contributed by atoms with Gasteiger partial charge in [0.2, 0.25) is 5.91 Å². The molecule has 27 heavy (non-hydrogen) atoms. The van der Waals surface area contributed by atoms with E-state index in [1.54, 1.807) is 31.2 Å². The number of rotatable bonds is 5. The molecule has 5 nitrogen and oxygen atoms in total. The van der Waals surface area contributed by atoms with Crippen LogP contribution in [-0.2, 0) is 4.79 Å². The number of carbonyl (C=O) groups is 2. The topological polar surface area (TPSA) is 89.6 Å². The maximum Gasteiger partial charge on any atom is 0.318 e. The number of carbonyl (C=O) groups excluding carboxylic acids is 2. The molecular formula is C22H19NO4. The second-order valence-electron chi connectivity index (χ2n) is 6.18. The molecule has 5 heteroatoms. The number of primary amides is 1. The molecule has 0 aliphatic rings. The van der Waals surface area contributed by atoms with Gasteiger partial charge in [-0.05, 0) is 48.4 Å². The number of amides is 1. The van der Waals surface area contributed by atoms with Gasteiger partial charge in [0.15, 0.2) is 0 Å². The van der Waals surface area contributed by atoms with Crippen LogP contribution in [0.1, 0.15) is 28.8 Å². The lowest BCUT2D eigenvalue weighted by molar-refractivity contribution is -0.135. The highest BCUT2D eigenvalue weighted by molar-refractivity contribution is 5.95. The minimum Gasteiger partial charge on any atom is -0.508 e. The summed E-state index contributed by atoms with van der Waals surface area (Å²) in [6.45, 7) is 1.77. The predicted octanol–water partition coefficient (Wildman–Crippen LogP) is 3.87. The Balaban J connectivity index is 1.95. The van der Waals surface area contributed by atoms with Gasteiger partial charge in [-0.15, -0.1) is 0 Å². The van der Waals surface area contributed by atoms with Gasteiger partial charge in [-0.1, -0.05) is 42.5 Å². The van der Waals surface area contributed by atoms with Crippen molar-refractivity contribution in [3.63, 3.8) is 0 Å². The lowest BCUT2D eigenvalue weighted by Crippen LogP contribution is -2.17. The van der Waals surface area contributed by atoms with Gasteiger partial charge in [-0.25, -0.2) is 0 Å². The number of hydrogen-bond acceptors (Lipinski definition) is 4. The minimum atomic E-state index is -0.578. The molecule has 0 bridgehead atoms. The largest absolute Gasteiger partial charge is 0.508 e. The van der Waals surface area contributed by atoms with E-state index in [1.165, 1.54) is 18.2 Å². The fourth-order valence-corrected chi connectivity index (χ4v) is 2.71. The average Bonchev–Trinajstić information content (AvgIpc) is 2.69. The molecule has 0 aliphatic carbocycles. The molecule has 0 saturated heterocycles. The van der Waals surface area contributed by atoms with Crippen LogP contribution in [0.2, 0.25) is 0 Å². The van der Waals surface area contributed by atoms with Crippen LogP contribution >= 0.6 is 0 Å². The van der Waals surface area contributed by atoms with E-state index in [4.69, 9.17) is 10.5 Å². The van der Waals surface area contributed by atoms with E-state index in [2.05, 4.69) is 0 Å². The van der Waals surface area contributed by atoms with Gasteiger partial charge in [0.1, 0.15) is 11.5 Å². The summed E-state index contributed by atoms with van der Waals surface area (Å²) in [6.07, 6.45) is 0. The number of aromatic hydroxyl groups is 1. The second-order valence-corrected chi connectivity index (χ2v) is 6.18. The van der Waals surface area contributed by atoms with E-state index in [0.717, 1.165) is 5.56 Å². The van der Waals surface area contributed by atoms with Crippen LogP contribution in [0.15, 0.2) is 72.8 Å². The van der Waals surface area contributed by atoms with Crippen LogP contribution in [-0.4, -0.2) is 17.0 Å². The molecular weight excluding hydrogens is 342 g/mol. The molecule has 0 heterocycles. The van der Waals surface area contributed by atoms with Gasteiger partial charge < -0.3 is 15.6 Å². The van der Waals surface area contributed by atoms with Crippen molar-refractivity contribution in [2.45, 2.75) is 12.8 Å². The molecule has 3 rings (SSSR count). The smallest absolute Gasteiger partial charge is 0.318 e. The molecule has 136 valence electrons. The molecule has 1 atom stereocenters. The van der Waals surface area contributed by atoms with Gasteiger partial charge in [0, 0.05) is 11.1 Å². The van der Waals surface area contributed by atoms with Gasteiger partial charge in [0.05, 0.1) is 5.92 Å². The van der Waals surface area contributed by atoms with Crippen molar-refractivity contribution in [3.05, 3.63) is 83.9 Å². The van der Waals surface area contributed by atoms with Crippen molar-refractivity contribution in [3.8, 4) is 22.6 Å². The van der Waals surface area contributed by atoms with Crippen molar-refractivity contribution in [1.82, 2.24) is 0 Å². The Kier molecular flexibility index (Phi) is 5.22. The number of esters is 1. The predicted molar refractivity (Wildman–Crippen MR) is 103 cm³/mol. The van der Waals surface area contributed by atoms with Gasteiger partial charge in [0.25, 0.3) is 0 Å². The average molecular weight is 361 g/mol. The molecule has 1 amide bonds. The van der Waals surface area contributed by atoms with Crippen LogP contribution in [0.3, 0.4) is 0 Å². The molecule has 3 aromatic carbocycles. The monoisotopic (exact) mass is 361 g/mol. The summed E-state index contributed by atoms with van der Waals surface area (Å²) in [6, 6.07) is 20.4. The summed E-state index contributed by atoms with van der Waals surface area (Å²) in [7, 11) is 0. The lowest BCUT2D eigenvalue weighted by atomic mass is 10.00. The molecule has 0 radical (unpaired) electrons. The normalized spacial score (nSPS) is 11.6. The third kappa shape index (κ3) is 4.15. The Bertz CT molecular complexity index is 965. The van der Waals surface area contributed by atoms with Crippen LogP contribution in [0, 0.1) is 0 Å². The summed E-state index contributed by atoms with van der Waals surface area (Å²) in [5.74, 6) is -1.01. The number of ether oxygens (including phenoxy) is 1. The maximum absolute atomic E-state index is 12.6. The summed E-state index contributed by atoms with van der Waals surface area (Å²) in [4.78, 5) is 24.2. The zero-order valence-electron chi connectivity index (χ0n) is 14.8. The van der Waals surface area contributed by atoms with Gasteiger partial charge in [-0.2, -0.15) is 0 Å². The van der Waals surface area contributed by atoms with Crippen LogP contribution in [0.4, 0.5) is 0 Å². The minimum absolute atomic E-state index is 0.112. The highest BCUT2D eigenvalue weighted by Crippen LogP contribution is 2.33. The highest BCUT2D eigenvalue weighted by atomic mass is 16.5. The van der Waals surface area contributed by atoms with Crippen LogP contribution in [0.25, 0.3) is 11.1 Å². The molecule has 1 unspecified atom stereocenters. The summed E-state index contributed by atoms with van der Waals surface area (Å²) in [5, 5.41) is 9.50. The SMILES string of the molecule is CC(C(=O)Oc1ccc(C(N)=O)cc1-c1ccc(O)cc1)c1ccccc1. The maximum atomic E-state index is 12.6. The lowest BCUT2D eigenvalue weighted by Gasteiger charge is -2.15. The first-order chi connectivity index (χ1) is 13.0. The van der Waals surface area contributed by atoms with Crippen molar-refractivity contribution in [2.75, 3.05) is 0 Å². The molecule has 0 aromatic heterocycles. The van der Waals surface area contributed by atoms with E-state index in [1.807, 2.05) is 30.3 Å². The Morgan fingerprint density at radius 3 is 2.26 bits per heavy atom. The first-order valence-electron chi connectivity index (χ1n) is 8.45. The number of benzene rings is 3. The molecule has 0 aliphatic heterocycles.